The van der Waals surface area contributed by atoms with Gasteiger partial charge in [0.2, 0.25) is 5.78 Å². The average molecular weight is 412 g/mol. The summed E-state index contributed by atoms with van der Waals surface area (Å²) in [6.45, 7) is 2.60. The van der Waals surface area contributed by atoms with E-state index in [1.54, 1.807) is 42.5 Å². The van der Waals surface area contributed by atoms with Crippen molar-refractivity contribution >= 4 is 17.5 Å². The van der Waals surface area contributed by atoms with Crippen LogP contribution in [-0.4, -0.2) is 44.0 Å². The predicted molar refractivity (Wildman–Crippen MR) is 108 cm³/mol. The molecule has 7 heteroatoms. The molecule has 2 aromatic carbocycles. The third kappa shape index (κ3) is 5.37. The van der Waals surface area contributed by atoms with Crippen molar-refractivity contribution in [2.24, 2.45) is 0 Å². The van der Waals surface area contributed by atoms with E-state index in [9.17, 15) is 14.4 Å². The summed E-state index contributed by atoms with van der Waals surface area (Å²) >= 11 is 0. The zero-order valence-corrected chi connectivity index (χ0v) is 17.0. The summed E-state index contributed by atoms with van der Waals surface area (Å²) in [5.41, 5.74) is 0.855. The predicted octanol–water partition coefficient (Wildman–Crippen LogP) is 3.63. The summed E-state index contributed by atoms with van der Waals surface area (Å²) in [6, 6.07) is 11.5. The average Bonchev–Trinajstić information content (AvgIpc) is 3.01. The molecule has 0 unspecified atom stereocenters. The minimum Gasteiger partial charge on any atom is -0.497 e. The molecule has 30 heavy (non-hydrogen) atoms. The first-order valence-corrected chi connectivity index (χ1v) is 9.78. The van der Waals surface area contributed by atoms with Gasteiger partial charge in [-0.25, -0.2) is 0 Å². The maximum Gasteiger partial charge on any atom is 0.306 e. The molecule has 0 aromatic heterocycles. The topological polar surface area (TPSA) is 88.1 Å². The maximum absolute atomic E-state index is 12.4. The van der Waals surface area contributed by atoms with Gasteiger partial charge >= 0.3 is 5.97 Å². The second-order valence-corrected chi connectivity index (χ2v) is 6.86. The van der Waals surface area contributed by atoms with Gasteiger partial charge in [-0.2, -0.15) is 0 Å². The number of methoxy groups -OCH3 is 1. The van der Waals surface area contributed by atoms with Crippen molar-refractivity contribution in [2.75, 3.05) is 20.3 Å². The van der Waals surface area contributed by atoms with Gasteiger partial charge in [0.1, 0.15) is 5.75 Å². The van der Waals surface area contributed by atoms with Gasteiger partial charge in [-0.15, -0.1) is 0 Å². The molecule has 3 rings (SSSR count). The standard InChI is InChI=1S/C23H24O7/c1-15(23(26)16-4-7-18(27-2)8-5-16)30-22(25)11-9-19(24)17-6-10-20-21(14-17)29-13-3-12-28-20/h4-8,10,14-15H,3,9,11-13H2,1-2H3/t15-/m0/s1. The Bertz CT molecular complexity index is 918. The lowest BCUT2D eigenvalue weighted by Gasteiger charge is -2.13. The fraction of sp³-hybridized carbons (Fsp3) is 0.348. The van der Waals surface area contributed by atoms with Gasteiger partial charge in [-0.1, -0.05) is 0 Å². The Kier molecular flexibility index (Phi) is 7.06. The summed E-state index contributed by atoms with van der Waals surface area (Å²) in [5, 5.41) is 0. The van der Waals surface area contributed by atoms with Crippen LogP contribution in [0.5, 0.6) is 17.2 Å². The monoisotopic (exact) mass is 412 g/mol. The third-order valence-electron chi connectivity index (χ3n) is 4.68. The van der Waals surface area contributed by atoms with Gasteiger partial charge in [0.05, 0.1) is 26.7 Å². The minimum atomic E-state index is -0.945. The van der Waals surface area contributed by atoms with Crippen LogP contribution in [0.15, 0.2) is 42.5 Å². The molecule has 0 spiro atoms. The first-order chi connectivity index (χ1) is 14.5. The molecule has 1 heterocycles. The van der Waals surface area contributed by atoms with E-state index < -0.39 is 12.1 Å². The van der Waals surface area contributed by atoms with Crippen LogP contribution in [-0.2, 0) is 9.53 Å². The fourth-order valence-electron chi connectivity index (χ4n) is 3.00. The second-order valence-electron chi connectivity index (χ2n) is 6.86. The Morgan fingerprint density at radius 2 is 1.60 bits per heavy atom. The van der Waals surface area contributed by atoms with Crippen molar-refractivity contribution in [3.63, 3.8) is 0 Å². The molecule has 1 atom stereocenters. The smallest absolute Gasteiger partial charge is 0.306 e. The number of rotatable bonds is 8. The van der Waals surface area contributed by atoms with E-state index in [0.29, 0.717) is 41.6 Å². The molecule has 0 N–H and O–H groups in total. The summed E-state index contributed by atoms with van der Waals surface area (Å²) in [6.07, 6.45) is -0.314. The highest BCUT2D eigenvalue weighted by Gasteiger charge is 2.21. The zero-order valence-electron chi connectivity index (χ0n) is 17.0. The van der Waals surface area contributed by atoms with Crippen LogP contribution in [0.25, 0.3) is 0 Å². The van der Waals surface area contributed by atoms with Crippen LogP contribution in [0, 0.1) is 0 Å². The molecular formula is C23H24O7. The largest absolute Gasteiger partial charge is 0.497 e. The molecule has 0 bridgehead atoms. The minimum absolute atomic E-state index is 0.0259. The first kappa shape index (κ1) is 21.4. The summed E-state index contributed by atoms with van der Waals surface area (Å²) < 4.78 is 21.4. The zero-order chi connectivity index (χ0) is 21.5. The summed E-state index contributed by atoms with van der Waals surface area (Å²) in [4.78, 5) is 36.9. The van der Waals surface area contributed by atoms with Crippen molar-refractivity contribution in [1.82, 2.24) is 0 Å². The summed E-state index contributed by atoms with van der Waals surface area (Å²) in [7, 11) is 1.54. The van der Waals surface area contributed by atoms with Crippen LogP contribution in [0.1, 0.15) is 46.9 Å². The van der Waals surface area contributed by atoms with E-state index in [1.807, 2.05) is 0 Å². The first-order valence-electron chi connectivity index (χ1n) is 9.78. The van der Waals surface area contributed by atoms with Crippen LogP contribution < -0.4 is 14.2 Å². The van der Waals surface area contributed by atoms with Gasteiger partial charge in [-0.05, 0) is 49.4 Å². The van der Waals surface area contributed by atoms with Gasteiger partial charge in [0.25, 0.3) is 0 Å². The number of hydrogen-bond donors (Lipinski definition) is 0. The number of Topliss-reactive ketones (excluding diaryl/α,β-unsaturated/α-hetero) is 2. The fourth-order valence-corrected chi connectivity index (χ4v) is 3.00. The highest BCUT2D eigenvalue weighted by molar-refractivity contribution is 6.01. The lowest BCUT2D eigenvalue weighted by atomic mass is 10.1. The molecule has 0 aliphatic carbocycles. The van der Waals surface area contributed by atoms with Crippen molar-refractivity contribution in [3.05, 3.63) is 53.6 Å². The Morgan fingerprint density at radius 3 is 2.30 bits per heavy atom. The van der Waals surface area contributed by atoms with E-state index in [-0.39, 0.29) is 24.4 Å². The molecule has 0 saturated carbocycles. The SMILES string of the molecule is COc1ccc(C(=O)[C@H](C)OC(=O)CCC(=O)c2ccc3c(c2)OCCCO3)cc1. The Balaban J connectivity index is 1.51. The number of carbonyl (C=O) groups is 3. The molecule has 0 amide bonds. The van der Waals surface area contributed by atoms with Crippen LogP contribution >= 0.6 is 0 Å². The van der Waals surface area contributed by atoms with E-state index in [2.05, 4.69) is 0 Å². The summed E-state index contributed by atoms with van der Waals surface area (Å²) in [5.74, 6) is 0.627. The maximum atomic E-state index is 12.4. The number of ketones is 2. The lowest BCUT2D eigenvalue weighted by Crippen LogP contribution is -2.24. The number of ether oxygens (including phenoxy) is 4. The Morgan fingerprint density at radius 1 is 0.933 bits per heavy atom. The molecule has 158 valence electrons. The molecular weight excluding hydrogens is 388 g/mol. The van der Waals surface area contributed by atoms with Crippen LogP contribution in [0.3, 0.4) is 0 Å². The van der Waals surface area contributed by atoms with E-state index in [0.717, 1.165) is 6.42 Å². The molecule has 0 fully saturated rings. The molecule has 1 aliphatic heterocycles. The highest BCUT2D eigenvalue weighted by Crippen LogP contribution is 2.30. The number of hydrogen-bond acceptors (Lipinski definition) is 7. The number of fused-ring (bicyclic) bond motifs is 1. The molecule has 0 saturated heterocycles. The number of benzene rings is 2. The third-order valence-corrected chi connectivity index (χ3v) is 4.68. The molecule has 2 aromatic rings. The quantitative estimate of drug-likeness (QED) is 0.483. The van der Waals surface area contributed by atoms with Gasteiger partial charge in [0, 0.05) is 24.0 Å². The molecule has 7 nitrogen and oxygen atoms in total. The highest BCUT2D eigenvalue weighted by atomic mass is 16.5. The lowest BCUT2D eigenvalue weighted by molar-refractivity contribution is -0.146. The van der Waals surface area contributed by atoms with Crippen molar-refractivity contribution < 1.29 is 33.3 Å². The van der Waals surface area contributed by atoms with Crippen LogP contribution in [0.4, 0.5) is 0 Å². The van der Waals surface area contributed by atoms with Crippen molar-refractivity contribution in [3.8, 4) is 17.2 Å². The van der Waals surface area contributed by atoms with Crippen molar-refractivity contribution in [1.29, 1.82) is 0 Å². The molecule has 0 radical (unpaired) electrons. The number of carbonyl (C=O) groups excluding carboxylic acids is 3. The van der Waals surface area contributed by atoms with E-state index >= 15 is 0 Å². The normalized spacial score (nSPS) is 13.7. The van der Waals surface area contributed by atoms with Gasteiger partial charge in [-0.3, -0.25) is 14.4 Å². The number of esters is 1. The van der Waals surface area contributed by atoms with Crippen molar-refractivity contribution in [2.45, 2.75) is 32.3 Å². The Hall–Kier alpha value is -3.35. The second kappa shape index (κ2) is 9.91. The Labute approximate surface area is 174 Å². The molecule has 1 aliphatic rings. The van der Waals surface area contributed by atoms with Crippen LogP contribution in [0.2, 0.25) is 0 Å². The van der Waals surface area contributed by atoms with E-state index in [1.165, 1.54) is 14.0 Å². The van der Waals surface area contributed by atoms with Gasteiger partial charge < -0.3 is 18.9 Å². The van der Waals surface area contributed by atoms with E-state index in [4.69, 9.17) is 18.9 Å². The van der Waals surface area contributed by atoms with Gasteiger partial charge in [0.15, 0.2) is 23.4 Å².